The minimum absolute atomic E-state index is 0.0332. The zero-order valence-corrected chi connectivity index (χ0v) is 17.4. The molecule has 6 heteroatoms. The van der Waals surface area contributed by atoms with Crippen LogP contribution in [-0.2, 0) is 23.9 Å². The molecule has 5 nitrogen and oxygen atoms in total. The molecular weight excluding hydrogens is 435 g/mol. The Morgan fingerprint density at radius 3 is 2.60 bits per heavy atom. The second-order valence-electron chi connectivity index (χ2n) is 8.19. The zero-order valence-electron chi connectivity index (χ0n) is 15.2. The molecule has 138 valence electrons. The summed E-state index contributed by atoms with van der Waals surface area (Å²) in [5.74, 6) is -1.30. The summed E-state index contributed by atoms with van der Waals surface area (Å²) >= 11 is 2.23. The SMILES string of the molecule is CC(C)C(=O)O[C@@H]1[C@]2(C)C(=O)C=C[C@H]2[C@H](C)C[C@H]2OC(=O)[C@@H](C)[C@@]12I. The number of allylic oxidation sites excluding steroid dienone is 2. The Labute approximate surface area is 162 Å². The fourth-order valence-corrected chi connectivity index (χ4v) is 6.05. The summed E-state index contributed by atoms with van der Waals surface area (Å²) < 4.78 is 10.9. The van der Waals surface area contributed by atoms with E-state index in [2.05, 4.69) is 29.5 Å². The number of ketones is 1. The highest BCUT2D eigenvalue weighted by molar-refractivity contribution is 14.1. The van der Waals surface area contributed by atoms with E-state index in [1.807, 2.05) is 19.9 Å². The van der Waals surface area contributed by atoms with Gasteiger partial charge in [-0.25, -0.2) is 0 Å². The maximum absolute atomic E-state index is 12.9. The molecule has 1 saturated carbocycles. The number of ether oxygens (including phenoxy) is 2. The van der Waals surface area contributed by atoms with E-state index in [-0.39, 0.29) is 41.6 Å². The third kappa shape index (κ3) is 2.50. The van der Waals surface area contributed by atoms with Crippen LogP contribution in [0.2, 0.25) is 0 Å². The van der Waals surface area contributed by atoms with Crippen molar-refractivity contribution in [2.45, 2.75) is 56.7 Å². The van der Waals surface area contributed by atoms with Gasteiger partial charge in [-0.05, 0) is 31.3 Å². The van der Waals surface area contributed by atoms with Crippen LogP contribution < -0.4 is 0 Å². The summed E-state index contributed by atoms with van der Waals surface area (Å²) in [6, 6.07) is 0. The molecule has 1 heterocycles. The molecule has 0 radical (unpaired) electrons. The fourth-order valence-electron chi connectivity index (χ4n) is 4.64. The van der Waals surface area contributed by atoms with E-state index in [0.29, 0.717) is 6.42 Å². The summed E-state index contributed by atoms with van der Waals surface area (Å²) in [7, 11) is 0. The standard InChI is InChI=1S/C19H25IO5/c1-9(2)15(22)25-17-18(5)12(6-7-13(18)21)10(3)8-14-19(17,20)11(4)16(23)24-14/h6-7,9-12,14,17H,8H2,1-5H3/t10-,11-,12+,14-,17-,18+,19+/m1/s1. The molecule has 1 aliphatic heterocycles. The normalized spacial score (nSPS) is 45.8. The Hall–Kier alpha value is -0.920. The first-order chi connectivity index (χ1) is 11.5. The predicted octanol–water partition coefficient (Wildman–Crippen LogP) is 3.09. The van der Waals surface area contributed by atoms with Crippen molar-refractivity contribution in [2.24, 2.45) is 29.1 Å². The van der Waals surface area contributed by atoms with Gasteiger partial charge in [0.1, 0.15) is 15.6 Å². The quantitative estimate of drug-likeness (QED) is 0.360. The summed E-state index contributed by atoms with van der Waals surface area (Å²) in [6.45, 7) is 9.31. The molecule has 2 aliphatic carbocycles. The van der Waals surface area contributed by atoms with Crippen LogP contribution >= 0.6 is 22.6 Å². The highest BCUT2D eigenvalue weighted by Crippen LogP contribution is 2.59. The number of halogens is 1. The van der Waals surface area contributed by atoms with Gasteiger partial charge in [-0.3, -0.25) is 14.4 Å². The Bertz CT molecular complexity index is 656. The van der Waals surface area contributed by atoms with Crippen molar-refractivity contribution < 1.29 is 23.9 Å². The minimum Gasteiger partial charge on any atom is -0.461 e. The summed E-state index contributed by atoms with van der Waals surface area (Å²) in [5, 5.41) is 0. The summed E-state index contributed by atoms with van der Waals surface area (Å²) in [4.78, 5) is 37.7. The number of fused-ring (bicyclic) bond motifs is 2. The monoisotopic (exact) mass is 460 g/mol. The first kappa shape index (κ1) is 18.9. The van der Waals surface area contributed by atoms with E-state index < -0.39 is 20.9 Å². The Morgan fingerprint density at radius 2 is 2.00 bits per heavy atom. The molecule has 7 atom stereocenters. The largest absolute Gasteiger partial charge is 0.461 e. The maximum atomic E-state index is 12.9. The summed E-state index contributed by atoms with van der Waals surface area (Å²) in [6.07, 6.45) is 3.14. The van der Waals surface area contributed by atoms with Gasteiger partial charge in [-0.15, -0.1) is 0 Å². The Morgan fingerprint density at radius 1 is 1.36 bits per heavy atom. The van der Waals surface area contributed by atoms with Gasteiger partial charge < -0.3 is 9.47 Å². The van der Waals surface area contributed by atoms with Gasteiger partial charge in [0.2, 0.25) is 0 Å². The lowest BCUT2D eigenvalue weighted by Crippen LogP contribution is -2.58. The average molecular weight is 460 g/mol. The van der Waals surface area contributed by atoms with E-state index in [1.165, 1.54) is 0 Å². The fraction of sp³-hybridized carbons (Fsp3) is 0.737. The van der Waals surface area contributed by atoms with Crippen LogP contribution in [0.1, 0.15) is 41.0 Å². The van der Waals surface area contributed by atoms with E-state index >= 15 is 0 Å². The lowest BCUT2D eigenvalue weighted by atomic mass is 9.66. The van der Waals surface area contributed by atoms with E-state index in [0.717, 1.165) is 0 Å². The number of hydrogen-bond acceptors (Lipinski definition) is 5. The Kier molecular flexibility index (Phi) is 4.57. The highest BCUT2D eigenvalue weighted by Gasteiger charge is 2.69. The van der Waals surface area contributed by atoms with Gasteiger partial charge in [0, 0.05) is 0 Å². The molecule has 0 aromatic heterocycles. The Balaban J connectivity index is 2.16. The number of carbonyl (C=O) groups is 3. The number of carbonyl (C=O) groups excluding carboxylic acids is 3. The van der Waals surface area contributed by atoms with Gasteiger partial charge in [0.15, 0.2) is 5.78 Å². The second-order valence-corrected chi connectivity index (χ2v) is 10.1. The molecule has 0 unspecified atom stereocenters. The second kappa shape index (κ2) is 6.06. The highest BCUT2D eigenvalue weighted by atomic mass is 127. The number of esters is 2. The van der Waals surface area contributed by atoms with Crippen molar-refractivity contribution >= 4 is 40.3 Å². The van der Waals surface area contributed by atoms with Crippen LogP contribution in [-0.4, -0.2) is 33.4 Å². The van der Waals surface area contributed by atoms with Crippen LogP contribution in [0.3, 0.4) is 0 Å². The first-order valence-electron chi connectivity index (χ1n) is 8.87. The number of alkyl halides is 1. The molecule has 0 amide bonds. The molecule has 0 bridgehead atoms. The van der Waals surface area contributed by atoms with E-state index in [4.69, 9.17) is 9.47 Å². The van der Waals surface area contributed by atoms with Gasteiger partial charge in [0.25, 0.3) is 0 Å². The minimum atomic E-state index is -0.873. The first-order valence-corrected chi connectivity index (χ1v) is 9.95. The molecule has 2 fully saturated rings. The van der Waals surface area contributed by atoms with Gasteiger partial charge in [0.05, 0.1) is 17.3 Å². The van der Waals surface area contributed by atoms with Crippen LogP contribution in [0.15, 0.2) is 12.2 Å². The predicted molar refractivity (Wildman–Crippen MR) is 100 cm³/mol. The molecular formula is C19H25IO5. The van der Waals surface area contributed by atoms with Crippen molar-refractivity contribution in [3.8, 4) is 0 Å². The third-order valence-electron chi connectivity index (χ3n) is 6.30. The van der Waals surface area contributed by atoms with Crippen LogP contribution in [0.4, 0.5) is 0 Å². The summed E-state index contributed by atoms with van der Waals surface area (Å²) in [5.41, 5.74) is -0.873. The third-order valence-corrected chi connectivity index (χ3v) is 8.49. The molecule has 25 heavy (non-hydrogen) atoms. The van der Waals surface area contributed by atoms with Crippen LogP contribution in [0.25, 0.3) is 0 Å². The maximum Gasteiger partial charge on any atom is 0.310 e. The van der Waals surface area contributed by atoms with Gasteiger partial charge >= 0.3 is 11.9 Å². The zero-order chi connectivity index (χ0) is 18.7. The van der Waals surface area contributed by atoms with Crippen LogP contribution in [0.5, 0.6) is 0 Å². The van der Waals surface area contributed by atoms with Gasteiger partial charge in [-0.1, -0.05) is 56.4 Å². The molecule has 0 spiro atoms. The molecule has 0 N–H and O–H groups in total. The van der Waals surface area contributed by atoms with Crippen molar-refractivity contribution in [1.82, 2.24) is 0 Å². The molecule has 0 aromatic carbocycles. The smallest absolute Gasteiger partial charge is 0.310 e. The average Bonchev–Trinajstić information content (AvgIpc) is 2.93. The van der Waals surface area contributed by atoms with Crippen molar-refractivity contribution in [1.29, 1.82) is 0 Å². The van der Waals surface area contributed by atoms with E-state index in [9.17, 15) is 14.4 Å². The van der Waals surface area contributed by atoms with E-state index in [1.54, 1.807) is 19.9 Å². The number of hydrogen-bond donors (Lipinski definition) is 0. The molecule has 1 saturated heterocycles. The lowest BCUT2D eigenvalue weighted by molar-refractivity contribution is -0.167. The molecule has 3 aliphatic rings. The topological polar surface area (TPSA) is 69.7 Å². The van der Waals surface area contributed by atoms with Gasteiger partial charge in [-0.2, -0.15) is 0 Å². The molecule has 3 rings (SSSR count). The van der Waals surface area contributed by atoms with Crippen molar-refractivity contribution in [2.75, 3.05) is 0 Å². The molecule has 0 aromatic rings. The lowest BCUT2D eigenvalue weighted by Gasteiger charge is -2.44. The van der Waals surface area contributed by atoms with Crippen molar-refractivity contribution in [3.63, 3.8) is 0 Å². The van der Waals surface area contributed by atoms with Crippen LogP contribution in [0, 0.1) is 29.1 Å². The van der Waals surface area contributed by atoms with Crippen molar-refractivity contribution in [3.05, 3.63) is 12.2 Å². The number of rotatable bonds is 2.